The van der Waals surface area contributed by atoms with Gasteiger partial charge in [0.25, 0.3) is 5.56 Å². The molecule has 0 atom stereocenters. The highest BCUT2D eigenvalue weighted by molar-refractivity contribution is 9.13. The van der Waals surface area contributed by atoms with E-state index in [0.717, 1.165) is 25.6 Å². The number of aromatic amines is 1. The Morgan fingerprint density at radius 1 is 0.946 bits per heavy atom. The maximum absolute atomic E-state index is 14.2. The van der Waals surface area contributed by atoms with E-state index in [1.807, 2.05) is 56.3 Å². The Hall–Kier alpha value is -3.73. The lowest BCUT2D eigenvalue weighted by atomic mass is 10.0. The second-order valence-corrected chi connectivity index (χ2v) is 10.4. The molecule has 0 aliphatic rings. The fraction of sp³-hybridized carbons (Fsp3) is 0.0741. The fourth-order valence-corrected chi connectivity index (χ4v) is 4.93. The molecule has 0 saturated heterocycles. The lowest BCUT2D eigenvalue weighted by Crippen LogP contribution is -2.41. The lowest BCUT2D eigenvalue weighted by molar-refractivity contribution is 0.866. The van der Waals surface area contributed by atoms with Gasteiger partial charge >= 0.3 is 5.69 Å². The van der Waals surface area contributed by atoms with Crippen LogP contribution in [0.2, 0.25) is 0 Å². The molecule has 0 aliphatic heterocycles. The SMILES string of the molecule is Cc1ccc(-c2[nH]c(=O)n(-c3cncc4ccccc34)c(=O)c2N(N)c2cc(Br)c(Br)cc2N)cc1C. The summed E-state index contributed by atoms with van der Waals surface area (Å²) in [5.41, 5.74) is 9.19. The first kappa shape index (κ1) is 24.9. The number of hydrogen-bond acceptors (Lipinski definition) is 6. The van der Waals surface area contributed by atoms with Crippen LogP contribution in [0.25, 0.3) is 27.7 Å². The molecule has 0 fully saturated rings. The van der Waals surface area contributed by atoms with Gasteiger partial charge < -0.3 is 10.7 Å². The van der Waals surface area contributed by atoms with Crippen molar-refractivity contribution in [1.29, 1.82) is 0 Å². The summed E-state index contributed by atoms with van der Waals surface area (Å²) in [7, 11) is 0. The van der Waals surface area contributed by atoms with Crippen molar-refractivity contribution in [2.24, 2.45) is 5.84 Å². The predicted octanol–water partition coefficient (Wildman–Crippen LogP) is 5.48. The summed E-state index contributed by atoms with van der Waals surface area (Å²) >= 11 is 6.91. The first-order valence-electron chi connectivity index (χ1n) is 11.3. The second-order valence-electron chi connectivity index (χ2n) is 8.67. The summed E-state index contributed by atoms with van der Waals surface area (Å²) in [6.07, 6.45) is 3.17. The van der Waals surface area contributed by atoms with Gasteiger partial charge in [-0.2, -0.15) is 0 Å². The van der Waals surface area contributed by atoms with Crippen molar-refractivity contribution >= 4 is 59.7 Å². The van der Waals surface area contributed by atoms with E-state index in [0.29, 0.717) is 32.5 Å². The molecule has 0 saturated carbocycles. The van der Waals surface area contributed by atoms with E-state index in [-0.39, 0.29) is 11.4 Å². The highest BCUT2D eigenvalue weighted by Crippen LogP contribution is 2.37. The summed E-state index contributed by atoms with van der Waals surface area (Å²) in [6, 6.07) is 16.5. The minimum atomic E-state index is -0.615. The number of halogens is 2. The monoisotopic (exact) mass is 620 g/mol. The molecule has 5 aromatic rings. The Balaban J connectivity index is 1.86. The molecule has 0 aliphatic carbocycles. The summed E-state index contributed by atoms with van der Waals surface area (Å²) in [6.45, 7) is 3.95. The van der Waals surface area contributed by atoms with Gasteiger partial charge in [0.15, 0.2) is 0 Å². The van der Waals surface area contributed by atoms with Gasteiger partial charge in [-0.15, -0.1) is 0 Å². The van der Waals surface area contributed by atoms with E-state index in [1.165, 1.54) is 11.2 Å². The molecule has 2 heterocycles. The summed E-state index contributed by atoms with van der Waals surface area (Å²) < 4.78 is 2.49. The van der Waals surface area contributed by atoms with Crippen LogP contribution in [0.3, 0.4) is 0 Å². The smallest absolute Gasteiger partial charge is 0.333 e. The first-order valence-corrected chi connectivity index (χ1v) is 12.9. The molecule has 10 heteroatoms. The van der Waals surface area contributed by atoms with Gasteiger partial charge in [-0.3, -0.25) is 14.8 Å². The number of nitrogen functional groups attached to an aromatic ring is 1. The van der Waals surface area contributed by atoms with Crippen molar-refractivity contribution in [3.8, 4) is 16.9 Å². The fourth-order valence-electron chi connectivity index (χ4n) is 4.23. The number of hydrogen-bond donors (Lipinski definition) is 3. The molecule has 8 nitrogen and oxygen atoms in total. The van der Waals surface area contributed by atoms with Crippen LogP contribution in [0, 0.1) is 13.8 Å². The van der Waals surface area contributed by atoms with E-state index in [4.69, 9.17) is 11.6 Å². The topological polar surface area (TPSA) is 123 Å². The number of nitrogens with two attached hydrogens (primary N) is 2. The lowest BCUT2D eigenvalue weighted by Gasteiger charge is -2.24. The average Bonchev–Trinajstić information content (AvgIpc) is 2.87. The average molecular weight is 622 g/mol. The Morgan fingerprint density at radius 2 is 1.68 bits per heavy atom. The van der Waals surface area contributed by atoms with Crippen molar-refractivity contribution < 1.29 is 0 Å². The van der Waals surface area contributed by atoms with Gasteiger partial charge in [0.05, 0.1) is 29.0 Å². The van der Waals surface area contributed by atoms with E-state index in [1.54, 1.807) is 18.3 Å². The number of anilines is 3. The highest BCUT2D eigenvalue weighted by Gasteiger charge is 2.24. The number of benzene rings is 3. The Kier molecular flexibility index (Phi) is 6.49. The number of fused-ring (bicyclic) bond motifs is 1. The van der Waals surface area contributed by atoms with Gasteiger partial charge in [0.1, 0.15) is 5.69 Å². The van der Waals surface area contributed by atoms with Crippen molar-refractivity contribution in [2.45, 2.75) is 13.8 Å². The van der Waals surface area contributed by atoms with Gasteiger partial charge in [0.2, 0.25) is 0 Å². The number of H-pyrrole nitrogens is 1. The van der Waals surface area contributed by atoms with Crippen LogP contribution < -0.4 is 27.8 Å². The third kappa shape index (κ3) is 4.37. The van der Waals surface area contributed by atoms with Crippen molar-refractivity contribution in [3.05, 3.63) is 108 Å². The number of nitrogens with zero attached hydrogens (tertiary/aromatic N) is 3. The number of aromatic nitrogens is 3. The molecule has 0 unspecified atom stereocenters. The summed E-state index contributed by atoms with van der Waals surface area (Å²) in [5, 5.41) is 2.70. The number of pyridine rings is 1. The van der Waals surface area contributed by atoms with Crippen LogP contribution in [0.5, 0.6) is 0 Å². The Bertz CT molecular complexity index is 1810. The molecule has 0 bridgehead atoms. The zero-order valence-electron chi connectivity index (χ0n) is 19.9. The van der Waals surface area contributed by atoms with Crippen LogP contribution in [0.4, 0.5) is 17.1 Å². The van der Waals surface area contributed by atoms with E-state index < -0.39 is 11.2 Å². The van der Waals surface area contributed by atoms with E-state index in [2.05, 4.69) is 41.8 Å². The van der Waals surface area contributed by atoms with Gasteiger partial charge in [-0.25, -0.2) is 15.2 Å². The molecule has 186 valence electrons. The molecule has 0 spiro atoms. The standard InChI is InChI=1S/C27H22Br2N6O2/c1-14-7-8-16(9-15(14)2)24-25(35(31)22-11-20(29)19(28)10-21(22)30)26(36)34(27(37)33-24)23-13-32-12-17-5-3-4-6-18(17)23/h3-13H,30-31H2,1-2H3,(H,33,37). The zero-order chi connectivity index (χ0) is 26.4. The van der Waals surface area contributed by atoms with Gasteiger partial charge in [-0.1, -0.05) is 36.4 Å². The molecule has 2 aromatic heterocycles. The third-order valence-electron chi connectivity index (χ3n) is 6.33. The molecule has 0 amide bonds. The molecule has 5 rings (SSSR count). The minimum Gasteiger partial charge on any atom is -0.397 e. The molecule has 0 radical (unpaired) electrons. The van der Waals surface area contributed by atoms with Crippen LogP contribution in [-0.4, -0.2) is 14.5 Å². The molecular weight excluding hydrogens is 600 g/mol. The molecule has 3 aromatic carbocycles. The summed E-state index contributed by atoms with van der Waals surface area (Å²) in [5.74, 6) is 6.62. The number of aryl methyl sites for hydroxylation is 2. The van der Waals surface area contributed by atoms with E-state index in [9.17, 15) is 9.59 Å². The largest absolute Gasteiger partial charge is 0.397 e. The summed E-state index contributed by atoms with van der Waals surface area (Å²) in [4.78, 5) is 34.8. The predicted molar refractivity (Wildman–Crippen MR) is 155 cm³/mol. The Labute approximate surface area is 228 Å². The maximum atomic E-state index is 14.2. The number of rotatable bonds is 4. The number of hydrazine groups is 1. The van der Waals surface area contributed by atoms with Crippen LogP contribution >= 0.6 is 31.9 Å². The first-order chi connectivity index (χ1) is 17.7. The third-order valence-corrected chi connectivity index (χ3v) is 8.18. The normalized spacial score (nSPS) is 11.2. The van der Waals surface area contributed by atoms with Crippen molar-refractivity contribution in [2.75, 3.05) is 10.7 Å². The maximum Gasteiger partial charge on any atom is 0.333 e. The van der Waals surface area contributed by atoms with Crippen molar-refractivity contribution in [1.82, 2.24) is 14.5 Å². The van der Waals surface area contributed by atoms with Crippen LogP contribution in [0.15, 0.2) is 85.5 Å². The highest BCUT2D eigenvalue weighted by atomic mass is 79.9. The van der Waals surface area contributed by atoms with E-state index >= 15 is 0 Å². The van der Waals surface area contributed by atoms with Gasteiger partial charge in [0, 0.05) is 31.5 Å². The molecular formula is C27H22Br2N6O2. The van der Waals surface area contributed by atoms with Crippen molar-refractivity contribution in [3.63, 3.8) is 0 Å². The van der Waals surface area contributed by atoms with Gasteiger partial charge in [-0.05, 0) is 75.0 Å². The number of nitrogens with one attached hydrogen (secondary N) is 1. The second kappa shape index (κ2) is 9.62. The van der Waals surface area contributed by atoms with Crippen LogP contribution in [-0.2, 0) is 0 Å². The quantitative estimate of drug-likeness (QED) is 0.139. The van der Waals surface area contributed by atoms with Crippen LogP contribution in [0.1, 0.15) is 11.1 Å². The minimum absolute atomic E-state index is 0.0525. The molecule has 37 heavy (non-hydrogen) atoms. The Morgan fingerprint density at radius 3 is 2.43 bits per heavy atom. The molecule has 5 N–H and O–H groups in total. The zero-order valence-corrected chi connectivity index (χ0v) is 23.1.